The fourth-order valence-corrected chi connectivity index (χ4v) is 0.699. The van der Waals surface area contributed by atoms with Crippen molar-refractivity contribution in [3.05, 3.63) is 30.6 Å². The summed E-state index contributed by atoms with van der Waals surface area (Å²) in [6, 6.07) is 5.83. The van der Waals surface area contributed by atoms with Gasteiger partial charge in [-0.05, 0) is 0 Å². The van der Waals surface area contributed by atoms with E-state index in [-0.39, 0.29) is 6.61 Å². The minimum absolute atomic E-state index is 0.203. The van der Waals surface area contributed by atoms with Crippen molar-refractivity contribution in [2.45, 2.75) is 6.54 Å². The second-order valence-corrected chi connectivity index (χ2v) is 3.56. The molecule has 0 saturated carbocycles. The van der Waals surface area contributed by atoms with Crippen LogP contribution in [-0.2, 0) is 21.1 Å². The first kappa shape index (κ1) is 14.0. The molecule has 0 aliphatic carbocycles. The summed E-state index contributed by atoms with van der Waals surface area (Å²) in [6.07, 6.45) is 3.85. The number of nitrogens with zero attached hydrogens (tertiary/aromatic N) is 1. The Morgan fingerprint density at radius 2 is 1.80 bits per heavy atom. The van der Waals surface area contributed by atoms with E-state index in [1.807, 2.05) is 35.2 Å². The van der Waals surface area contributed by atoms with Gasteiger partial charge in [-0.1, -0.05) is 6.07 Å². The minimum Gasteiger partial charge on any atom is -0.726 e. The fourth-order valence-electron chi connectivity index (χ4n) is 0.699. The van der Waals surface area contributed by atoms with Crippen LogP contribution in [0.1, 0.15) is 0 Å². The zero-order chi connectivity index (χ0) is 11.7. The number of aliphatic hydroxyl groups excluding tert-OH is 1. The molecule has 1 aromatic rings. The zero-order valence-corrected chi connectivity index (χ0v) is 9.05. The lowest BCUT2D eigenvalue weighted by molar-refractivity contribution is -0.698. The van der Waals surface area contributed by atoms with Gasteiger partial charge in [0.05, 0.1) is 7.11 Å². The van der Waals surface area contributed by atoms with Gasteiger partial charge < -0.3 is 9.66 Å². The summed E-state index contributed by atoms with van der Waals surface area (Å²) < 4.78 is 33.0. The van der Waals surface area contributed by atoms with Crippen LogP contribution in [0.25, 0.3) is 0 Å². The molecule has 1 aromatic heterocycles. The first-order valence-electron chi connectivity index (χ1n) is 4.06. The predicted molar refractivity (Wildman–Crippen MR) is 50.4 cm³/mol. The molecular weight excluding hydrogens is 222 g/mol. The molecule has 0 aliphatic heterocycles. The predicted octanol–water partition coefficient (Wildman–Crippen LogP) is -0.941. The van der Waals surface area contributed by atoms with Crippen LogP contribution in [0.15, 0.2) is 30.6 Å². The molecule has 1 N–H and O–H groups in total. The number of hydrogen-bond donors (Lipinski definition) is 1. The van der Waals surface area contributed by atoms with Gasteiger partial charge in [0.2, 0.25) is 10.4 Å². The number of rotatable bonds is 3. The van der Waals surface area contributed by atoms with E-state index in [1.165, 1.54) is 0 Å². The third kappa shape index (κ3) is 9.29. The molecule has 1 heterocycles. The fraction of sp³-hybridized carbons (Fsp3) is 0.375. The second kappa shape index (κ2) is 7.30. The van der Waals surface area contributed by atoms with Crippen molar-refractivity contribution >= 4 is 10.4 Å². The molecule has 6 nitrogen and oxygen atoms in total. The molecule has 15 heavy (non-hydrogen) atoms. The standard InChI is InChI=1S/C7H10NO.CH4O4S/c9-7-6-8-4-2-1-3-5-8;1-5-6(2,3)4/h1-5,9H,6-7H2;1H3,(H,2,3,4)/q+1;/p-1. The summed E-state index contributed by atoms with van der Waals surface area (Å²) in [4.78, 5) is 0. The van der Waals surface area contributed by atoms with Crippen molar-refractivity contribution in [1.82, 2.24) is 0 Å². The zero-order valence-electron chi connectivity index (χ0n) is 8.24. The van der Waals surface area contributed by atoms with Crippen LogP contribution in [-0.4, -0.2) is 31.8 Å². The summed E-state index contributed by atoms with van der Waals surface area (Å²) in [5.74, 6) is 0. The molecule has 86 valence electrons. The summed E-state index contributed by atoms with van der Waals surface area (Å²) in [5, 5.41) is 8.50. The molecule has 0 spiro atoms. The lowest BCUT2D eigenvalue weighted by Gasteiger charge is -1.98. The van der Waals surface area contributed by atoms with Crippen molar-refractivity contribution < 1.29 is 26.8 Å². The largest absolute Gasteiger partial charge is 0.726 e. The van der Waals surface area contributed by atoms with Crippen LogP contribution >= 0.6 is 0 Å². The van der Waals surface area contributed by atoms with Crippen LogP contribution in [0.5, 0.6) is 0 Å². The maximum atomic E-state index is 9.22. The molecule has 0 amide bonds. The second-order valence-electron chi connectivity index (χ2n) is 2.41. The van der Waals surface area contributed by atoms with Crippen LogP contribution in [0.2, 0.25) is 0 Å². The summed E-state index contributed by atoms with van der Waals surface area (Å²) in [5.41, 5.74) is 0. The molecule has 0 atom stereocenters. The maximum Gasteiger partial charge on any atom is 0.217 e. The van der Waals surface area contributed by atoms with Crippen molar-refractivity contribution in [3.8, 4) is 0 Å². The van der Waals surface area contributed by atoms with E-state index >= 15 is 0 Å². The summed E-state index contributed by atoms with van der Waals surface area (Å²) >= 11 is 0. The average molecular weight is 235 g/mol. The SMILES string of the molecule is COS(=O)(=O)[O-].OCC[n+]1ccccc1. The Morgan fingerprint density at radius 3 is 2.13 bits per heavy atom. The molecule has 7 heteroatoms. The summed E-state index contributed by atoms with van der Waals surface area (Å²) in [6.45, 7) is 0.884. The molecule has 0 unspecified atom stereocenters. The molecule has 1 rings (SSSR count). The Hall–Kier alpha value is -1.02. The third-order valence-corrected chi connectivity index (χ3v) is 1.75. The number of aromatic nitrogens is 1. The van der Waals surface area contributed by atoms with Gasteiger partial charge in [-0.2, -0.15) is 0 Å². The van der Waals surface area contributed by atoms with E-state index in [0.29, 0.717) is 6.54 Å². The van der Waals surface area contributed by atoms with E-state index in [4.69, 9.17) is 5.11 Å². The van der Waals surface area contributed by atoms with Crippen LogP contribution in [0, 0.1) is 0 Å². The highest BCUT2D eigenvalue weighted by Gasteiger charge is 1.91. The van der Waals surface area contributed by atoms with E-state index < -0.39 is 10.4 Å². The van der Waals surface area contributed by atoms with Gasteiger partial charge in [0.1, 0.15) is 6.61 Å². The molecule has 0 radical (unpaired) electrons. The van der Waals surface area contributed by atoms with Crippen LogP contribution < -0.4 is 4.57 Å². The van der Waals surface area contributed by atoms with Crippen molar-refractivity contribution in [2.24, 2.45) is 0 Å². The Kier molecular flexibility index (Phi) is 6.80. The monoisotopic (exact) mass is 235 g/mol. The van der Waals surface area contributed by atoms with Crippen molar-refractivity contribution in [2.75, 3.05) is 13.7 Å². The molecular formula is C8H13NO5S. The van der Waals surface area contributed by atoms with Gasteiger partial charge in [-0.3, -0.25) is 4.18 Å². The first-order chi connectivity index (χ1) is 6.99. The maximum absolute atomic E-state index is 9.22. The Labute approximate surface area is 88.7 Å². The lowest BCUT2D eigenvalue weighted by Crippen LogP contribution is -2.33. The Balaban J connectivity index is 0.000000288. The smallest absolute Gasteiger partial charge is 0.217 e. The average Bonchev–Trinajstić information content (AvgIpc) is 2.20. The van der Waals surface area contributed by atoms with Gasteiger partial charge in [0.25, 0.3) is 0 Å². The van der Waals surface area contributed by atoms with Crippen LogP contribution in [0.3, 0.4) is 0 Å². The minimum atomic E-state index is -4.41. The molecule has 0 fully saturated rings. The topological polar surface area (TPSA) is 90.5 Å². The Bertz CT molecular complexity index is 351. The van der Waals surface area contributed by atoms with Gasteiger partial charge in [-0.25, -0.2) is 13.0 Å². The van der Waals surface area contributed by atoms with Gasteiger partial charge >= 0.3 is 0 Å². The first-order valence-corrected chi connectivity index (χ1v) is 5.39. The van der Waals surface area contributed by atoms with E-state index in [2.05, 4.69) is 4.18 Å². The van der Waals surface area contributed by atoms with Gasteiger partial charge in [-0.15, -0.1) is 0 Å². The van der Waals surface area contributed by atoms with E-state index in [9.17, 15) is 13.0 Å². The normalized spacial score (nSPS) is 10.3. The quantitative estimate of drug-likeness (QED) is 0.415. The van der Waals surface area contributed by atoms with Crippen molar-refractivity contribution in [1.29, 1.82) is 0 Å². The highest BCUT2D eigenvalue weighted by molar-refractivity contribution is 7.80. The van der Waals surface area contributed by atoms with Crippen molar-refractivity contribution in [3.63, 3.8) is 0 Å². The van der Waals surface area contributed by atoms with E-state index in [0.717, 1.165) is 7.11 Å². The van der Waals surface area contributed by atoms with Gasteiger partial charge in [0.15, 0.2) is 18.9 Å². The molecule has 0 saturated heterocycles. The number of aliphatic hydroxyl groups is 1. The lowest BCUT2D eigenvalue weighted by atomic mass is 10.5. The highest BCUT2D eigenvalue weighted by atomic mass is 32.3. The molecule has 0 aromatic carbocycles. The van der Waals surface area contributed by atoms with E-state index in [1.54, 1.807) is 0 Å². The Morgan fingerprint density at radius 1 is 1.33 bits per heavy atom. The third-order valence-electron chi connectivity index (χ3n) is 1.34. The number of pyridine rings is 1. The van der Waals surface area contributed by atoms with Crippen LogP contribution in [0.4, 0.5) is 0 Å². The highest BCUT2D eigenvalue weighted by Crippen LogP contribution is 1.75. The molecule has 0 bridgehead atoms. The van der Waals surface area contributed by atoms with Gasteiger partial charge in [0, 0.05) is 12.1 Å². The molecule has 0 aliphatic rings. The number of hydrogen-bond acceptors (Lipinski definition) is 5. The summed E-state index contributed by atoms with van der Waals surface area (Å²) in [7, 11) is -3.60.